The van der Waals surface area contributed by atoms with Crippen molar-refractivity contribution in [2.24, 2.45) is 0 Å². The molecule has 0 bridgehead atoms. The molecular formula is C17H22O3. The number of benzene rings is 1. The average molecular weight is 274 g/mol. The summed E-state index contributed by atoms with van der Waals surface area (Å²) in [4.78, 5) is 23.6. The molecule has 0 aliphatic rings. The fourth-order valence-electron chi connectivity index (χ4n) is 2.29. The molecule has 0 aliphatic carbocycles. The van der Waals surface area contributed by atoms with E-state index in [9.17, 15) is 9.59 Å². The Balaban J connectivity index is 3.21. The highest BCUT2D eigenvalue weighted by molar-refractivity contribution is 6.09. The molecule has 0 unspecified atom stereocenters. The molecule has 3 nitrogen and oxygen atoms in total. The lowest BCUT2D eigenvalue weighted by Crippen LogP contribution is -2.08. The molecule has 3 heteroatoms. The van der Waals surface area contributed by atoms with Crippen LogP contribution in [0.5, 0.6) is 0 Å². The Kier molecular flexibility index (Phi) is 5.26. The second kappa shape index (κ2) is 6.51. The number of hydrogen-bond donors (Lipinski definition) is 0. The number of esters is 1. The lowest BCUT2D eigenvalue weighted by atomic mass is 9.87. The van der Waals surface area contributed by atoms with Crippen molar-refractivity contribution >= 4 is 11.8 Å². The van der Waals surface area contributed by atoms with E-state index < -0.39 is 5.97 Å². The molecule has 1 rings (SSSR count). The highest BCUT2D eigenvalue weighted by Crippen LogP contribution is 2.26. The lowest BCUT2D eigenvalue weighted by Gasteiger charge is -2.16. The van der Waals surface area contributed by atoms with Gasteiger partial charge in [-0.25, -0.2) is 4.79 Å². The highest BCUT2D eigenvalue weighted by Gasteiger charge is 2.16. The maximum atomic E-state index is 12.3. The summed E-state index contributed by atoms with van der Waals surface area (Å²) in [6, 6.07) is 0. The molecule has 0 amide bonds. The summed E-state index contributed by atoms with van der Waals surface area (Å²) in [7, 11) is 0. The Morgan fingerprint density at radius 2 is 1.30 bits per heavy atom. The van der Waals surface area contributed by atoms with E-state index in [1.807, 2.05) is 27.7 Å². The number of ether oxygens (including phenoxy) is 1. The third kappa shape index (κ3) is 3.16. The van der Waals surface area contributed by atoms with E-state index in [1.165, 1.54) is 17.7 Å². The predicted molar refractivity (Wildman–Crippen MR) is 80.2 cm³/mol. The first-order chi connectivity index (χ1) is 9.31. The van der Waals surface area contributed by atoms with Crippen LogP contribution >= 0.6 is 0 Å². The third-order valence-electron chi connectivity index (χ3n) is 3.90. The summed E-state index contributed by atoms with van der Waals surface area (Å²) in [5, 5.41) is 0. The van der Waals surface area contributed by atoms with Gasteiger partial charge in [-0.15, -0.1) is 0 Å². The predicted octanol–water partition coefficient (Wildman–Crippen LogP) is 3.53. The van der Waals surface area contributed by atoms with Gasteiger partial charge >= 0.3 is 5.97 Å². The van der Waals surface area contributed by atoms with Crippen LogP contribution < -0.4 is 0 Å². The SMILES string of the molecule is CCOC(=O)/C=C\C(=O)c1c(C)c(C)c(C)c(C)c1C. The van der Waals surface area contributed by atoms with Crippen molar-refractivity contribution in [2.45, 2.75) is 41.5 Å². The van der Waals surface area contributed by atoms with Gasteiger partial charge in [0.2, 0.25) is 0 Å². The minimum atomic E-state index is -0.489. The van der Waals surface area contributed by atoms with Gasteiger partial charge in [0.1, 0.15) is 0 Å². The van der Waals surface area contributed by atoms with Crippen LogP contribution in [0.3, 0.4) is 0 Å². The molecule has 0 heterocycles. The van der Waals surface area contributed by atoms with Crippen LogP contribution in [0.15, 0.2) is 12.2 Å². The maximum absolute atomic E-state index is 12.3. The number of allylic oxidation sites excluding steroid dienone is 1. The molecule has 0 fully saturated rings. The zero-order valence-electron chi connectivity index (χ0n) is 13.1. The van der Waals surface area contributed by atoms with Crippen molar-refractivity contribution < 1.29 is 14.3 Å². The molecule has 108 valence electrons. The van der Waals surface area contributed by atoms with E-state index in [0.717, 1.165) is 22.3 Å². The standard InChI is InChI=1S/C17H22O3/c1-7-20-16(19)9-8-15(18)17-13(5)11(3)10(2)12(4)14(17)6/h8-9H,7H2,1-6H3/b9-8-. The van der Waals surface area contributed by atoms with E-state index in [2.05, 4.69) is 6.92 Å². The summed E-state index contributed by atoms with van der Waals surface area (Å²) >= 11 is 0. The van der Waals surface area contributed by atoms with Crippen LogP contribution in [0.2, 0.25) is 0 Å². The van der Waals surface area contributed by atoms with Crippen molar-refractivity contribution in [3.8, 4) is 0 Å². The smallest absolute Gasteiger partial charge is 0.330 e. The van der Waals surface area contributed by atoms with Gasteiger partial charge in [-0.2, -0.15) is 0 Å². The van der Waals surface area contributed by atoms with Crippen molar-refractivity contribution in [1.82, 2.24) is 0 Å². The van der Waals surface area contributed by atoms with E-state index >= 15 is 0 Å². The minimum Gasteiger partial charge on any atom is -0.463 e. The van der Waals surface area contributed by atoms with Gasteiger partial charge in [0.25, 0.3) is 0 Å². The summed E-state index contributed by atoms with van der Waals surface area (Å²) in [5.74, 6) is -0.643. The van der Waals surface area contributed by atoms with Crippen LogP contribution in [-0.4, -0.2) is 18.4 Å². The second-order valence-electron chi connectivity index (χ2n) is 4.95. The number of rotatable bonds is 4. The summed E-state index contributed by atoms with van der Waals surface area (Å²) in [6.45, 7) is 12.0. The first kappa shape index (κ1) is 16.2. The Hall–Kier alpha value is -1.90. The van der Waals surface area contributed by atoms with Crippen LogP contribution in [0.1, 0.15) is 45.1 Å². The number of ketones is 1. The Labute approximate surface area is 120 Å². The van der Waals surface area contributed by atoms with Crippen LogP contribution in [0, 0.1) is 34.6 Å². The van der Waals surface area contributed by atoms with Crippen molar-refractivity contribution in [2.75, 3.05) is 6.61 Å². The largest absolute Gasteiger partial charge is 0.463 e. The van der Waals surface area contributed by atoms with E-state index in [-0.39, 0.29) is 5.78 Å². The molecule has 1 aromatic carbocycles. The van der Waals surface area contributed by atoms with Crippen molar-refractivity contribution in [1.29, 1.82) is 0 Å². The Bertz CT molecular complexity index is 551. The van der Waals surface area contributed by atoms with Gasteiger partial charge in [0.15, 0.2) is 5.78 Å². The minimum absolute atomic E-state index is 0.153. The molecular weight excluding hydrogens is 252 g/mol. The van der Waals surface area contributed by atoms with Crippen molar-refractivity contribution in [3.05, 3.63) is 45.5 Å². The summed E-state index contributed by atoms with van der Waals surface area (Å²) in [6.07, 6.45) is 2.48. The topological polar surface area (TPSA) is 43.4 Å². The quantitative estimate of drug-likeness (QED) is 0.479. The molecule has 0 spiro atoms. The molecule has 0 aliphatic heterocycles. The molecule has 0 atom stereocenters. The molecule has 0 saturated heterocycles. The van der Waals surface area contributed by atoms with Gasteiger partial charge in [0.05, 0.1) is 6.61 Å². The van der Waals surface area contributed by atoms with Gasteiger partial charge < -0.3 is 4.74 Å². The van der Waals surface area contributed by atoms with E-state index in [1.54, 1.807) is 6.92 Å². The summed E-state index contributed by atoms with van der Waals surface area (Å²) < 4.78 is 4.78. The average Bonchev–Trinajstić information content (AvgIpc) is 2.41. The maximum Gasteiger partial charge on any atom is 0.330 e. The normalized spacial score (nSPS) is 10.9. The number of hydrogen-bond acceptors (Lipinski definition) is 3. The fourth-order valence-corrected chi connectivity index (χ4v) is 2.29. The molecule has 20 heavy (non-hydrogen) atoms. The zero-order chi connectivity index (χ0) is 15.4. The number of carbonyl (C=O) groups excluding carboxylic acids is 2. The number of carbonyl (C=O) groups is 2. The monoisotopic (exact) mass is 274 g/mol. The third-order valence-corrected chi connectivity index (χ3v) is 3.90. The Morgan fingerprint density at radius 3 is 1.75 bits per heavy atom. The summed E-state index contributed by atoms with van der Waals surface area (Å²) in [5.41, 5.74) is 6.10. The van der Waals surface area contributed by atoms with Gasteiger partial charge in [-0.05, 0) is 75.4 Å². The lowest BCUT2D eigenvalue weighted by molar-refractivity contribution is -0.137. The van der Waals surface area contributed by atoms with Gasteiger partial charge in [-0.3, -0.25) is 4.79 Å². The Morgan fingerprint density at radius 1 is 0.850 bits per heavy atom. The van der Waals surface area contributed by atoms with Crippen LogP contribution in [-0.2, 0) is 9.53 Å². The first-order valence-electron chi connectivity index (χ1n) is 6.77. The molecule has 1 aromatic rings. The molecule has 0 N–H and O–H groups in total. The second-order valence-corrected chi connectivity index (χ2v) is 4.95. The van der Waals surface area contributed by atoms with E-state index in [0.29, 0.717) is 12.2 Å². The molecule has 0 saturated carbocycles. The van der Waals surface area contributed by atoms with E-state index in [4.69, 9.17) is 4.74 Å². The molecule has 0 aromatic heterocycles. The van der Waals surface area contributed by atoms with Crippen molar-refractivity contribution in [3.63, 3.8) is 0 Å². The first-order valence-corrected chi connectivity index (χ1v) is 6.77. The van der Waals surface area contributed by atoms with Crippen LogP contribution in [0.25, 0.3) is 0 Å². The molecule has 0 radical (unpaired) electrons. The van der Waals surface area contributed by atoms with Gasteiger partial charge in [0, 0.05) is 11.6 Å². The zero-order valence-corrected chi connectivity index (χ0v) is 13.1. The van der Waals surface area contributed by atoms with Crippen LogP contribution in [0.4, 0.5) is 0 Å². The van der Waals surface area contributed by atoms with Gasteiger partial charge in [-0.1, -0.05) is 0 Å². The fraction of sp³-hybridized carbons (Fsp3) is 0.412. The highest BCUT2D eigenvalue weighted by atomic mass is 16.5.